The molecule has 1 fully saturated rings. The van der Waals surface area contributed by atoms with Gasteiger partial charge >= 0.3 is 5.97 Å². The Labute approximate surface area is 161 Å². The molecular weight excluding hydrogens is 352 g/mol. The van der Waals surface area contributed by atoms with E-state index < -0.39 is 0 Å². The molecule has 0 radical (unpaired) electrons. The van der Waals surface area contributed by atoms with E-state index >= 15 is 0 Å². The fourth-order valence-electron chi connectivity index (χ4n) is 2.96. The molecule has 0 N–H and O–H groups in total. The van der Waals surface area contributed by atoms with E-state index in [4.69, 9.17) is 10.00 Å². The number of rotatable bonds is 7. The lowest BCUT2D eigenvalue weighted by Crippen LogP contribution is -2.46. The lowest BCUT2D eigenvalue weighted by Gasteiger charge is -2.33. The number of piperidine rings is 1. The number of hydrogen-bond acceptors (Lipinski definition) is 5. The highest BCUT2D eigenvalue weighted by Gasteiger charge is 2.29. The van der Waals surface area contributed by atoms with E-state index in [2.05, 4.69) is 11.0 Å². The Balaban J connectivity index is 0.00000338. The van der Waals surface area contributed by atoms with Crippen molar-refractivity contribution in [2.45, 2.75) is 38.6 Å². The van der Waals surface area contributed by atoms with Gasteiger partial charge in [-0.3, -0.25) is 14.5 Å². The quantitative estimate of drug-likeness (QED) is 0.539. The summed E-state index contributed by atoms with van der Waals surface area (Å²) >= 11 is 0. The first-order chi connectivity index (χ1) is 12.1. The number of nitriles is 1. The number of esters is 1. The predicted octanol–water partition coefficient (Wildman–Crippen LogP) is 3.37. The molecule has 2 rings (SSSR count). The molecule has 0 bridgehead atoms. The van der Waals surface area contributed by atoms with Crippen LogP contribution < -0.4 is 0 Å². The van der Waals surface area contributed by atoms with E-state index in [0.717, 1.165) is 31.4 Å². The van der Waals surface area contributed by atoms with Crippen molar-refractivity contribution >= 4 is 30.2 Å². The third-order valence-corrected chi connectivity index (χ3v) is 4.32. The van der Waals surface area contributed by atoms with Gasteiger partial charge in [0.05, 0.1) is 18.2 Å². The molecule has 1 aromatic carbocycles. The van der Waals surface area contributed by atoms with Crippen molar-refractivity contribution in [3.8, 4) is 6.07 Å². The van der Waals surface area contributed by atoms with Crippen molar-refractivity contribution in [1.29, 1.82) is 5.26 Å². The Morgan fingerprint density at radius 2 is 2.04 bits per heavy atom. The smallest absolute Gasteiger partial charge is 0.323 e. The largest absolute Gasteiger partial charge is 0.465 e. The number of halogens is 1. The van der Waals surface area contributed by atoms with E-state index in [-0.39, 0.29) is 30.2 Å². The van der Waals surface area contributed by atoms with Gasteiger partial charge in [-0.15, -0.1) is 12.4 Å². The summed E-state index contributed by atoms with van der Waals surface area (Å²) in [7, 11) is 0. The second kappa shape index (κ2) is 11.5. The first-order valence-corrected chi connectivity index (χ1v) is 8.75. The fourth-order valence-corrected chi connectivity index (χ4v) is 2.96. The molecule has 0 aliphatic carbocycles. The van der Waals surface area contributed by atoms with Crippen molar-refractivity contribution < 1.29 is 14.3 Å². The van der Waals surface area contributed by atoms with Crippen LogP contribution in [0, 0.1) is 11.3 Å². The molecule has 6 heteroatoms. The average Bonchev–Trinajstić information content (AvgIpc) is 2.65. The van der Waals surface area contributed by atoms with Gasteiger partial charge in [0.25, 0.3) is 0 Å². The van der Waals surface area contributed by atoms with Crippen molar-refractivity contribution in [2.24, 2.45) is 0 Å². The third-order valence-electron chi connectivity index (χ3n) is 4.32. The van der Waals surface area contributed by atoms with Gasteiger partial charge in [0.15, 0.2) is 5.78 Å². The zero-order chi connectivity index (χ0) is 18.1. The Hall–Kier alpha value is -2.16. The molecule has 0 saturated carbocycles. The van der Waals surface area contributed by atoms with E-state index in [9.17, 15) is 9.59 Å². The molecule has 1 unspecified atom stereocenters. The highest BCUT2D eigenvalue weighted by molar-refractivity contribution is 5.93. The summed E-state index contributed by atoms with van der Waals surface area (Å²) in [6.07, 6.45) is 6.56. The molecule has 140 valence electrons. The van der Waals surface area contributed by atoms with Crippen LogP contribution >= 0.6 is 12.4 Å². The van der Waals surface area contributed by atoms with Gasteiger partial charge in [-0.2, -0.15) is 5.26 Å². The van der Waals surface area contributed by atoms with E-state index in [0.29, 0.717) is 25.1 Å². The van der Waals surface area contributed by atoms with Crippen molar-refractivity contribution in [3.63, 3.8) is 0 Å². The number of ketones is 1. The summed E-state index contributed by atoms with van der Waals surface area (Å²) < 4.78 is 5.14. The minimum Gasteiger partial charge on any atom is -0.465 e. The van der Waals surface area contributed by atoms with Gasteiger partial charge < -0.3 is 4.74 Å². The molecular formula is C20H25ClN2O3. The van der Waals surface area contributed by atoms with Crippen LogP contribution in [0.4, 0.5) is 0 Å². The summed E-state index contributed by atoms with van der Waals surface area (Å²) in [6.45, 7) is 3.59. The maximum Gasteiger partial charge on any atom is 0.323 e. The number of allylic oxidation sites excluding steroid dienone is 1. The zero-order valence-corrected chi connectivity index (χ0v) is 15.8. The molecule has 0 amide bonds. The Morgan fingerprint density at radius 3 is 2.69 bits per heavy atom. The van der Waals surface area contributed by atoms with Crippen LogP contribution in [0.5, 0.6) is 0 Å². The summed E-state index contributed by atoms with van der Waals surface area (Å²) in [4.78, 5) is 26.2. The van der Waals surface area contributed by atoms with Gasteiger partial charge in [-0.25, -0.2) is 0 Å². The van der Waals surface area contributed by atoms with Gasteiger partial charge in [-0.05, 0) is 50.1 Å². The van der Waals surface area contributed by atoms with Crippen molar-refractivity contribution in [2.75, 3.05) is 19.7 Å². The summed E-state index contributed by atoms with van der Waals surface area (Å²) in [5.74, 6) is -0.152. The number of carbonyl (C=O) groups is 2. The van der Waals surface area contributed by atoms with E-state index in [1.54, 1.807) is 24.3 Å². The first kappa shape index (κ1) is 21.9. The number of carbonyl (C=O) groups excluding carboxylic acids is 2. The first-order valence-electron chi connectivity index (χ1n) is 8.75. The molecule has 1 aromatic rings. The SMILES string of the molecule is CCOC(=O)C1CCCCN1CCC(=O)C=Cc1ccc(C#N)cc1.Cl. The minimum atomic E-state index is -0.219. The minimum absolute atomic E-state index is 0. The number of ether oxygens (including phenoxy) is 1. The average molecular weight is 377 g/mol. The third kappa shape index (κ3) is 6.62. The van der Waals surface area contributed by atoms with E-state index in [1.807, 2.05) is 19.1 Å². The molecule has 26 heavy (non-hydrogen) atoms. The van der Waals surface area contributed by atoms with Crippen LogP contribution in [0.25, 0.3) is 6.08 Å². The second-order valence-electron chi connectivity index (χ2n) is 6.08. The van der Waals surface area contributed by atoms with Gasteiger partial charge in [0, 0.05) is 13.0 Å². The van der Waals surface area contributed by atoms with Crippen LogP contribution in [-0.2, 0) is 14.3 Å². The molecule has 0 aromatic heterocycles. The summed E-state index contributed by atoms with van der Waals surface area (Å²) in [5, 5.41) is 8.77. The van der Waals surface area contributed by atoms with Gasteiger partial charge in [-0.1, -0.05) is 24.6 Å². The maximum atomic E-state index is 12.1. The molecule has 0 spiro atoms. The number of likely N-dealkylation sites (tertiary alicyclic amines) is 1. The van der Waals surface area contributed by atoms with E-state index in [1.165, 1.54) is 0 Å². The molecule has 1 aliphatic rings. The fraction of sp³-hybridized carbons (Fsp3) is 0.450. The summed E-state index contributed by atoms with van der Waals surface area (Å²) in [5.41, 5.74) is 1.48. The molecule has 1 atom stereocenters. The van der Waals surface area contributed by atoms with Crippen LogP contribution in [0.1, 0.15) is 43.7 Å². The van der Waals surface area contributed by atoms with Crippen LogP contribution in [0.3, 0.4) is 0 Å². The lowest BCUT2D eigenvalue weighted by atomic mass is 10.0. The van der Waals surface area contributed by atoms with Gasteiger partial charge in [0.1, 0.15) is 6.04 Å². The highest BCUT2D eigenvalue weighted by atomic mass is 35.5. The molecule has 1 heterocycles. The Bertz CT molecular complexity index is 665. The van der Waals surface area contributed by atoms with Gasteiger partial charge in [0.2, 0.25) is 0 Å². The maximum absolute atomic E-state index is 12.1. The number of nitrogens with zero attached hydrogens (tertiary/aromatic N) is 2. The van der Waals surface area contributed by atoms with Crippen molar-refractivity contribution in [3.05, 3.63) is 41.5 Å². The normalized spacial score (nSPS) is 17.3. The zero-order valence-electron chi connectivity index (χ0n) is 15.0. The van der Waals surface area contributed by atoms with Crippen LogP contribution in [0.15, 0.2) is 30.3 Å². The molecule has 1 saturated heterocycles. The second-order valence-corrected chi connectivity index (χ2v) is 6.08. The monoisotopic (exact) mass is 376 g/mol. The van der Waals surface area contributed by atoms with Crippen LogP contribution in [-0.4, -0.2) is 42.4 Å². The number of hydrogen-bond donors (Lipinski definition) is 0. The number of benzene rings is 1. The Morgan fingerprint density at radius 1 is 1.31 bits per heavy atom. The molecule has 1 aliphatic heterocycles. The molecule has 5 nitrogen and oxygen atoms in total. The highest BCUT2D eigenvalue weighted by Crippen LogP contribution is 2.18. The predicted molar refractivity (Wildman–Crippen MR) is 103 cm³/mol. The van der Waals surface area contributed by atoms with Crippen molar-refractivity contribution in [1.82, 2.24) is 4.90 Å². The standard InChI is InChI=1S/C20H24N2O3.ClH/c1-2-25-20(24)19-5-3-4-13-22(19)14-12-18(23)11-10-16-6-8-17(15-21)9-7-16;/h6-11,19H,2-5,12-14H2,1H3;1H. The Kier molecular flexibility index (Phi) is 9.64. The lowest BCUT2D eigenvalue weighted by molar-refractivity contribution is -0.151. The van der Waals surface area contributed by atoms with Crippen LogP contribution in [0.2, 0.25) is 0 Å². The topological polar surface area (TPSA) is 70.4 Å². The summed E-state index contributed by atoms with van der Waals surface area (Å²) in [6, 6.07) is 8.91.